The van der Waals surface area contributed by atoms with Gasteiger partial charge in [-0.2, -0.15) is 5.26 Å². The topological polar surface area (TPSA) is 120 Å². The number of urea groups is 1. The Morgan fingerprint density at radius 3 is 2.64 bits per heavy atom. The van der Waals surface area contributed by atoms with Gasteiger partial charge < -0.3 is 15.0 Å². The molecule has 2 aromatic heterocycles. The molecule has 0 aliphatic carbocycles. The van der Waals surface area contributed by atoms with E-state index < -0.39 is 0 Å². The fourth-order valence-corrected chi connectivity index (χ4v) is 4.45. The second kappa shape index (κ2) is 9.77. The van der Waals surface area contributed by atoms with E-state index in [0.717, 1.165) is 21.7 Å². The Balaban J connectivity index is 1.76. The summed E-state index contributed by atoms with van der Waals surface area (Å²) in [5.74, 6) is 0.213. The number of nitriles is 1. The lowest BCUT2D eigenvalue weighted by atomic mass is 10.0. The van der Waals surface area contributed by atoms with Gasteiger partial charge in [0.15, 0.2) is 5.13 Å². The first-order chi connectivity index (χ1) is 15.9. The molecule has 0 radical (unpaired) electrons. The van der Waals surface area contributed by atoms with Crippen LogP contribution in [0.15, 0.2) is 36.4 Å². The van der Waals surface area contributed by atoms with Crippen molar-refractivity contribution in [1.82, 2.24) is 14.9 Å². The molecule has 1 aliphatic rings. The minimum absolute atomic E-state index is 0.219. The summed E-state index contributed by atoms with van der Waals surface area (Å²) in [6.45, 7) is 5.31. The van der Waals surface area contributed by atoms with Crippen molar-refractivity contribution in [3.63, 3.8) is 0 Å². The van der Waals surface area contributed by atoms with E-state index in [0.29, 0.717) is 48.5 Å². The lowest BCUT2D eigenvalue weighted by molar-refractivity contribution is -0.114. The quantitative estimate of drug-likeness (QED) is 0.607. The largest absolute Gasteiger partial charge is 0.378 e. The van der Waals surface area contributed by atoms with Crippen molar-refractivity contribution in [2.45, 2.75) is 13.8 Å². The summed E-state index contributed by atoms with van der Waals surface area (Å²) < 4.78 is 5.31. The highest BCUT2D eigenvalue weighted by molar-refractivity contribution is 7.19. The Bertz CT molecular complexity index is 1240. The number of ether oxygens (including phenoxy) is 1. The summed E-state index contributed by atoms with van der Waals surface area (Å²) in [4.78, 5) is 35.8. The summed E-state index contributed by atoms with van der Waals surface area (Å²) in [6, 6.07) is 12.7. The Labute approximate surface area is 195 Å². The van der Waals surface area contributed by atoms with Gasteiger partial charge in [0.2, 0.25) is 5.91 Å². The number of thiazole rings is 1. The van der Waals surface area contributed by atoms with Crippen LogP contribution < -0.4 is 10.6 Å². The highest BCUT2D eigenvalue weighted by Crippen LogP contribution is 2.40. The Morgan fingerprint density at radius 2 is 1.91 bits per heavy atom. The van der Waals surface area contributed by atoms with Crippen LogP contribution in [0.2, 0.25) is 0 Å². The monoisotopic (exact) mass is 462 g/mol. The summed E-state index contributed by atoms with van der Waals surface area (Å²) in [5, 5.41) is 15.4. The summed E-state index contributed by atoms with van der Waals surface area (Å²) in [7, 11) is 0. The molecule has 0 spiro atoms. The fourth-order valence-electron chi connectivity index (χ4n) is 3.48. The van der Waals surface area contributed by atoms with Gasteiger partial charge in [0.1, 0.15) is 5.82 Å². The molecule has 1 fully saturated rings. The minimum Gasteiger partial charge on any atom is -0.378 e. The standard InChI is InChI=1S/C23H22N6O3S/c1-14-10-18(12-19(25-14)26-15(2)30)21-20(17-5-3-4-16(11-17)13-24)27-22(33-21)28-23(31)29-6-8-32-9-7-29/h3-5,10-12H,6-9H2,1-2H3,(H,25,26,30)(H,27,28,31). The van der Waals surface area contributed by atoms with Crippen LogP contribution in [0, 0.1) is 18.3 Å². The third kappa shape index (κ3) is 5.34. The number of carbonyl (C=O) groups excluding carboxylic acids is 2. The first kappa shape index (κ1) is 22.4. The number of nitrogens with one attached hydrogen (secondary N) is 2. The number of benzene rings is 1. The number of amides is 3. The number of morpholine rings is 1. The van der Waals surface area contributed by atoms with Crippen molar-refractivity contribution in [2.75, 3.05) is 36.9 Å². The predicted octanol–water partition coefficient (Wildman–Crippen LogP) is 3.87. The van der Waals surface area contributed by atoms with Crippen molar-refractivity contribution in [1.29, 1.82) is 5.26 Å². The highest BCUT2D eigenvalue weighted by atomic mass is 32.1. The van der Waals surface area contributed by atoms with Crippen molar-refractivity contribution in [3.05, 3.63) is 47.7 Å². The second-order valence-corrected chi connectivity index (χ2v) is 8.48. The Kier molecular flexibility index (Phi) is 6.63. The number of anilines is 2. The third-order valence-electron chi connectivity index (χ3n) is 4.92. The Morgan fingerprint density at radius 1 is 1.12 bits per heavy atom. The van der Waals surface area contributed by atoms with Gasteiger partial charge in [-0.15, -0.1) is 0 Å². The third-order valence-corrected chi connectivity index (χ3v) is 5.94. The van der Waals surface area contributed by atoms with Gasteiger partial charge >= 0.3 is 6.03 Å². The molecule has 33 heavy (non-hydrogen) atoms. The van der Waals surface area contributed by atoms with Crippen LogP contribution in [0.3, 0.4) is 0 Å². The van der Waals surface area contributed by atoms with Gasteiger partial charge in [0, 0.05) is 31.3 Å². The maximum absolute atomic E-state index is 12.7. The maximum atomic E-state index is 12.7. The van der Waals surface area contributed by atoms with Gasteiger partial charge in [0.25, 0.3) is 0 Å². The van der Waals surface area contributed by atoms with Crippen LogP contribution in [0.4, 0.5) is 15.7 Å². The smallest absolute Gasteiger partial charge is 0.323 e. The van der Waals surface area contributed by atoms with Gasteiger partial charge in [-0.1, -0.05) is 23.5 Å². The average molecular weight is 463 g/mol. The molecule has 3 amide bonds. The fraction of sp³-hybridized carbons (Fsp3) is 0.261. The molecule has 1 saturated heterocycles. The summed E-state index contributed by atoms with van der Waals surface area (Å²) in [5.41, 5.74) is 3.42. The van der Waals surface area contributed by atoms with E-state index in [1.807, 2.05) is 19.1 Å². The number of rotatable bonds is 4. The van der Waals surface area contributed by atoms with Gasteiger partial charge in [0.05, 0.1) is 35.4 Å². The Hall–Kier alpha value is -3.81. The second-order valence-electron chi connectivity index (χ2n) is 7.48. The van der Waals surface area contributed by atoms with Crippen molar-refractivity contribution in [2.24, 2.45) is 0 Å². The molecule has 3 heterocycles. The molecule has 1 aromatic carbocycles. The molecule has 4 rings (SSSR count). The number of hydrogen-bond donors (Lipinski definition) is 2. The lowest BCUT2D eigenvalue weighted by Crippen LogP contribution is -2.43. The maximum Gasteiger partial charge on any atom is 0.323 e. The first-order valence-corrected chi connectivity index (χ1v) is 11.2. The number of hydrogen-bond acceptors (Lipinski definition) is 7. The van der Waals surface area contributed by atoms with E-state index >= 15 is 0 Å². The van der Waals surface area contributed by atoms with E-state index in [9.17, 15) is 14.9 Å². The van der Waals surface area contributed by atoms with Crippen molar-refractivity contribution < 1.29 is 14.3 Å². The molecule has 0 bridgehead atoms. The van der Waals surface area contributed by atoms with E-state index in [2.05, 4.69) is 21.7 Å². The lowest BCUT2D eigenvalue weighted by Gasteiger charge is -2.26. The number of nitrogens with zero attached hydrogens (tertiary/aromatic N) is 4. The first-order valence-electron chi connectivity index (χ1n) is 10.3. The molecular formula is C23H22N6O3S. The molecule has 0 unspecified atom stereocenters. The minimum atomic E-state index is -0.235. The van der Waals surface area contributed by atoms with E-state index in [-0.39, 0.29) is 11.9 Å². The zero-order valence-corrected chi connectivity index (χ0v) is 19.0. The van der Waals surface area contributed by atoms with Crippen LogP contribution in [0.1, 0.15) is 18.2 Å². The van der Waals surface area contributed by atoms with Crippen LogP contribution in [-0.4, -0.2) is 53.1 Å². The number of aryl methyl sites for hydroxylation is 1. The van der Waals surface area contributed by atoms with Crippen molar-refractivity contribution in [3.8, 4) is 27.8 Å². The summed E-state index contributed by atoms with van der Waals surface area (Å²) in [6.07, 6.45) is 0. The van der Waals surface area contributed by atoms with Crippen molar-refractivity contribution >= 4 is 34.2 Å². The number of pyridine rings is 1. The zero-order chi connectivity index (χ0) is 23.4. The molecule has 0 saturated carbocycles. The SMILES string of the molecule is CC(=O)Nc1cc(-c2sc(NC(=O)N3CCOCC3)nc2-c2cccc(C#N)c2)cc(C)n1. The molecule has 1 aliphatic heterocycles. The van der Waals surface area contributed by atoms with Gasteiger partial charge in [-0.05, 0) is 36.8 Å². The molecular weight excluding hydrogens is 440 g/mol. The van der Waals surface area contributed by atoms with Crippen LogP contribution >= 0.6 is 11.3 Å². The van der Waals surface area contributed by atoms with Crippen LogP contribution in [-0.2, 0) is 9.53 Å². The normalized spacial score (nSPS) is 13.3. The molecule has 3 aromatic rings. The van der Waals surface area contributed by atoms with Crippen LogP contribution in [0.5, 0.6) is 0 Å². The number of carbonyl (C=O) groups is 2. The number of aromatic nitrogens is 2. The predicted molar refractivity (Wildman–Crippen MR) is 126 cm³/mol. The van der Waals surface area contributed by atoms with E-state index in [1.165, 1.54) is 18.3 Å². The molecule has 0 atom stereocenters. The van der Waals surface area contributed by atoms with Gasteiger partial charge in [-0.25, -0.2) is 14.8 Å². The molecule has 2 N–H and O–H groups in total. The van der Waals surface area contributed by atoms with E-state index in [1.54, 1.807) is 29.2 Å². The summed E-state index contributed by atoms with van der Waals surface area (Å²) >= 11 is 1.33. The highest BCUT2D eigenvalue weighted by Gasteiger charge is 2.21. The van der Waals surface area contributed by atoms with E-state index in [4.69, 9.17) is 9.72 Å². The van der Waals surface area contributed by atoms with Crippen LogP contribution in [0.25, 0.3) is 21.7 Å². The van der Waals surface area contributed by atoms with Gasteiger partial charge in [-0.3, -0.25) is 10.1 Å². The molecule has 10 heteroatoms. The average Bonchev–Trinajstić information content (AvgIpc) is 3.22. The molecule has 9 nitrogen and oxygen atoms in total. The molecule has 168 valence electrons. The zero-order valence-electron chi connectivity index (χ0n) is 18.2.